The Morgan fingerprint density at radius 1 is 1.32 bits per heavy atom. The van der Waals surface area contributed by atoms with E-state index in [4.69, 9.17) is 0 Å². The molecule has 1 amide bonds. The lowest BCUT2D eigenvalue weighted by atomic mass is 9.87. The van der Waals surface area contributed by atoms with Gasteiger partial charge in [0.1, 0.15) is 0 Å². The number of hydrogen-bond acceptors (Lipinski definition) is 4. The zero-order valence-electron chi connectivity index (χ0n) is 11.6. The van der Waals surface area contributed by atoms with E-state index in [2.05, 4.69) is 5.32 Å². The number of nitrogens with one attached hydrogen (secondary N) is 1. The highest BCUT2D eigenvalue weighted by Crippen LogP contribution is 2.36. The summed E-state index contributed by atoms with van der Waals surface area (Å²) in [7, 11) is 0. The lowest BCUT2D eigenvalue weighted by Gasteiger charge is -2.30. The van der Waals surface area contributed by atoms with Gasteiger partial charge in [-0.15, -0.1) is 0 Å². The number of carbonyl (C=O) groups excluding carboxylic acids is 1. The first-order chi connectivity index (χ1) is 9.13. The fourth-order valence-corrected chi connectivity index (χ4v) is 3.24. The standard InChI is InChI=1S/C14H26N2O3/c17-11-14(5-1-2-6-14)10-15-13(19)9-16-7-3-4-12(18)8-16/h12,17-18H,1-11H2,(H,15,19). The summed E-state index contributed by atoms with van der Waals surface area (Å²) in [4.78, 5) is 13.9. The summed E-state index contributed by atoms with van der Waals surface area (Å²) in [6.45, 7) is 2.58. The van der Waals surface area contributed by atoms with Crippen LogP contribution in [0.3, 0.4) is 0 Å². The summed E-state index contributed by atoms with van der Waals surface area (Å²) in [5.74, 6) is 0.00817. The number of likely N-dealkylation sites (tertiary alicyclic amines) is 1. The Morgan fingerprint density at radius 2 is 2.05 bits per heavy atom. The number of nitrogens with zero attached hydrogens (tertiary/aromatic N) is 1. The molecular formula is C14H26N2O3. The number of aliphatic hydroxyl groups excluding tert-OH is 2. The summed E-state index contributed by atoms with van der Waals surface area (Å²) in [6.07, 6.45) is 5.81. The average molecular weight is 270 g/mol. The van der Waals surface area contributed by atoms with E-state index in [0.29, 0.717) is 19.6 Å². The molecule has 2 fully saturated rings. The predicted octanol–water partition coefficient (Wildman–Crippen LogP) is 0.112. The zero-order valence-corrected chi connectivity index (χ0v) is 11.6. The van der Waals surface area contributed by atoms with E-state index in [-0.39, 0.29) is 24.0 Å². The summed E-state index contributed by atoms with van der Waals surface area (Å²) in [5.41, 5.74) is -0.0862. The van der Waals surface area contributed by atoms with Gasteiger partial charge in [-0.25, -0.2) is 0 Å². The number of amides is 1. The van der Waals surface area contributed by atoms with Crippen LogP contribution in [0.1, 0.15) is 38.5 Å². The van der Waals surface area contributed by atoms with E-state index in [0.717, 1.165) is 45.1 Å². The number of aliphatic hydroxyl groups is 2. The third-order valence-corrected chi connectivity index (χ3v) is 4.51. The molecule has 5 heteroatoms. The van der Waals surface area contributed by atoms with Crippen molar-refractivity contribution in [3.05, 3.63) is 0 Å². The van der Waals surface area contributed by atoms with Gasteiger partial charge in [0.25, 0.3) is 0 Å². The van der Waals surface area contributed by atoms with Crippen molar-refractivity contribution in [2.45, 2.75) is 44.6 Å². The van der Waals surface area contributed by atoms with Gasteiger partial charge in [0, 0.05) is 18.5 Å². The summed E-state index contributed by atoms with van der Waals surface area (Å²) in [6, 6.07) is 0. The average Bonchev–Trinajstić information content (AvgIpc) is 2.86. The first-order valence-electron chi connectivity index (χ1n) is 7.42. The van der Waals surface area contributed by atoms with Crippen LogP contribution in [0.15, 0.2) is 0 Å². The topological polar surface area (TPSA) is 72.8 Å². The van der Waals surface area contributed by atoms with Crippen molar-refractivity contribution < 1.29 is 15.0 Å². The largest absolute Gasteiger partial charge is 0.396 e. The number of rotatable bonds is 5. The molecule has 1 saturated carbocycles. The second-order valence-corrected chi connectivity index (χ2v) is 6.17. The van der Waals surface area contributed by atoms with Crippen molar-refractivity contribution in [3.8, 4) is 0 Å². The van der Waals surface area contributed by atoms with Gasteiger partial charge in [-0.1, -0.05) is 12.8 Å². The van der Waals surface area contributed by atoms with E-state index in [1.54, 1.807) is 0 Å². The quantitative estimate of drug-likeness (QED) is 0.663. The third-order valence-electron chi connectivity index (χ3n) is 4.51. The zero-order chi connectivity index (χ0) is 13.7. The minimum absolute atomic E-state index is 0.00817. The molecular weight excluding hydrogens is 244 g/mol. The molecule has 110 valence electrons. The van der Waals surface area contributed by atoms with Crippen LogP contribution in [0.4, 0.5) is 0 Å². The van der Waals surface area contributed by atoms with Crippen LogP contribution >= 0.6 is 0 Å². The number of piperidine rings is 1. The molecule has 1 heterocycles. The Balaban J connectivity index is 1.72. The second-order valence-electron chi connectivity index (χ2n) is 6.17. The summed E-state index contributed by atoms with van der Waals surface area (Å²) >= 11 is 0. The van der Waals surface area contributed by atoms with Gasteiger partial charge in [-0.2, -0.15) is 0 Å². The van der Waals surface area contributed by atoms with Gasteiger partial charge in [0.15, 0.2) is 0 Å². The lowest BCUT2D eigenvalue weighted by molar-refractivity contribution is -0.123. The molecule has 5 nitrogen and oxygen atoms in total. The normalized spacial score (nSPS) is 27.4. The van der Waals surface area contributed by atoms with Gasteiger partial charge < -0.3 is 15.5 Å². The van der Waals surface area contributed by atoms with E-state index in [1.165, 1.54) is 0 Å². The Hall–Kier alpha value is -0.650. The second kappa shape index (κ2) is 6.68. The van der Waals surface area contributed by atoms with E-state index in [1.807, 2.05) is 4.90 Å². The maximum absolute atomic E-state index is 11.9. The van der Waals surface area contributed by atoms with Gasteiger partial charge in [0.2, 0.25) is 5.91 Å². The number of carbonyl (C=O) groups is 1. The third kappa shape index (κ3) is 4.16. The van der Waals surface area contributed by atoms with E-state index >= 15 is 0 Å². The Bertz CT molecular complexity index is 303. The van der Waals surface area contributed by atoms with Crippen LogP contribution in [0.2, 0.25) is 0 Å². The molecule has 3 N–H and O–H groups in total. The van der Waals surface area contributed by atoms with Crippen LogP contribution in [0.25, 0.3) is 0 Å². The molecule has 1 unspecified atom stereocenters. The van der Waals surface area contributed by atoms with Crippen molar-refractivity contribution in [2.24, 2.45) is 5.41 Å². The molecule has 2 aliphatic rings. The monoisotopic (exact) mass is 270 g/mol. The smallest absolute Gasteiger partial charge is 0.234 e. The first kappa shape index (κ1) is 14.8. The van der Waals surface area contributed by atoms with Crippen molar-refractivity contribution in [3.63, 3.8) is 0 Å². The highest BCUT2D eigenvalue weighted by Gasteiger charge is 2.33. The van der Waals surface area contributed by atoms with Crippen molar-refractivity contribution in [2.75, 3.05) is 32.8 Å². The maximum atomic E-state index is 11.9. The molecule has 0 spiro atoms. The Morgan fingerprint density at radius 3 is 2.68 bits per heavy atom. The lowest BCUT2D eigenvalue weighted by Crippen LogP contribution is -2.46. The Labute approximate surface area is 115 Å². The molecule has 0 aromatic heterocycles. The predicted molar refractivity (Wildman–Crippen MR) is 72.7 cm³/mol. The highest BCUT2D eigenvalue weighted by molar-refractivity contribution is 5.78. The van der Waals surface area contributed by atoms with Crippen LogP contribution in [0, 0.1) is 5.41 Å². The molecule has 0 radical (unpaired) electrons. The molecule has 1 aliphatic heterocycles. The van der Waals surface area contributed by atoms with Gasteiger partial charge in [-0.05, 0) is 32.2 Å². The Kier molecular flexibility index (Phi) is 5.19. The van der Waals surface area contributed by atoms with Crippen LogP contribution in [0.5, 0.6) is 0 Å². The molecule has 1 saturated heterocycles. The van der Waals surface area contributed by atoms with Gasteiger partial charge in [-0.3, -0.25) is 9.69 Å². The first-order valence-corrected chi connectivity index (χ1v) is 7.42. The highest BCUT2D eigenvalue weighted by atomic mass is 16.3. The molecule has 2 rings (SSSR count). The number of hydrogen-bond donors (Lipinski definition) is 3. The summed E-state index contributed by atoms with van der Waals surface area (Å²) < 4.78 is 0. The van der Waals surface area contributed by atoms with E-state index in [9.17, 15) is 15.0 Å². The van der Waals surface area contributed by atoms with E-state index < -0.39 is 0 Å². The maximum Gasteiger partial charge on any atom is 0.234 e. The molecule has 0 aromatic rings. The van der Waals surface area contributed by atoms with Crippen LogP contribution < -0.4 is 5.32 Å². The molecule has 1 aliphatic carbocycles. The fraction of sp³-hybridized carbons (Fsp3) is 0.929. The summed E-state index contributed by atoms with van der Waals surface area (Å²) in [5, 5.41) is 22.0. The molecule has 0 aromatic carbocycles. The van der Waals surface area contributed by atoms with Crippen LogP contribution in [-0.2, 0) is 4.79 Å². The minimum atomic E-state index is -0.292. The minimum Gasteiger partial charge on any atom is -0.396 e. The van der Waals surface area contributed by atoms with Crippen LogP contribution in [-0.4, -0.2) is 59.9 Å². The molecule has 0 bridgehead atoms. The number of β-amino-alcohol motifs (C(OH)–C–C–N with tert-alkyl or cyclic N) is 1. The van der Waals surface area contributed by atoms with Crippen molar-refractivity contribution in [1.82, 2.24) is 10.2 Å². The fourth-order valence-electron chi connectivity index (χ4n) is 3.24. The van der Waals surface area contributed by atoms with Gasteiger partial charge in [0.05, 0.1) is 19.3 Å². The molecule has 1 atom stereocenters. The van der Waals surface area contributed by atoms with Crippen molar-refractivity contribution >= 4 is 5.91 Å². The SMILES string of the molecule is O=C(CN1CCCC(O)C1)NCC1(CO)CCCC1. The molecule has 19 heavy (non-hydrogen) atoms. The van der Waals surface area contributed by atoms with Gasteiger partial charge >= 0.3 is 0 Å². The van der Waals surface area contributed by atoms with Crippen molar-refractivity contribution in [1.29, 1.82) is 0 Å².